The average molecular weight is 597 g/mol. The maximum absolute atomic E-state index is 13.5. The van der Waals surface area contributed by atoms with Crippen LogP contribution in [0.3, 0.4) is 0 Å². The van der Waals surface area contributed by atoms with Crippen molar-refractivity contribution in [3.63, 3.8) is 0 Å². The van der Waals surface area contributed by atoms with Crippen LogP contribution in [0.4, 0.5) is 11.4 Å². The number of piperidine rings is 1. The number of likely N-dealkylation sites (N-methyl/N-ethyl adjacent to an activating group) is 2. The Morgan fingerprint density at radius 3 is 2.39 bits per heavy atom. The van der Waals surface area contributed by atoms with Crippen LogP contribution >= 0.6 is 0 Å². The molecule has 0 bridgehead atoms. The van der Waals surface area contributed by atoms with E-state index >= 15 is 0 Å². The molecule has 1 aliphatic heterocycles. The number of carbonyl (C=O) groups excluding carboxylic acids is 2. The number of aryl methyl sites for hydroxylation is 2. The molecule has 2 N–H and O–H groups in total. The predicted octanol–water partition coefficient (Wildman–Crippen LogP) is 6.08. The number of anilines is 2. The van der Waals surface area contributed by atoms with E-state index < -0.39 is 0 Å². The molecule has 1 fully saturated rings. The first-order valence-corrected chi connectivity index (χ1v) is 15.9. The molecule has 44 heavy (non-hydrogen) atoms. The molecule has 0 atom stereocenters. The molecule has 1 aliphatic rings. The Kier molecular flexibility index (Phi) is 12.1. The summed E-state index contributed by atoms with van der Waals surface area (Å²) in [5.74, 6) is -0.626. The predicted molar refractivity (Wildman–Crippen MR) is 182 cm³/mol. The lowest BCUT2D eigenvalue weighted by Gasteiger charge is -2.29. The molecule has 0 saturated carbocycles. The van der Waals surface area contributed by atoms with Crippen molar-refractivity contribution < 1.29 is 9.59 Å². The van der Waals surface area contributed by atoms with Crippen LogP contribution in [0.25, 0.3) is 0 Å². The summed E-state index contributed by atoms with van der Waals surface area (Å²) in [7, 11) is 2.10. The molecule has 0 aliphatic carbocycles. The van der Waals surface area contributed by atoms with Gasteiger partial charge in [0.2, 0.25) is 0 Å². The van der Waals surface area contributed by atoms with Crippen LogP contribution in [0.1, 0.15) is 76.1 Å². The summed E-state index contributed by atoms with van der Waals surface area (Å²) in [5.41, 5.74) is 9.38. The molecule has 3 aromatic rings. The van der Waals surface area contributed by atoms with Crippen molar-refractivity contribution >= 4 is 29.4 Å². The summed E-state index contributed by atoms with van der Waals surface area (Å²) in [6.07, 6.45) is 5.11. The first-order valence-electron chi connectivity index (χ1n) is 15.9. The highest BCUT2D eigenvalue weighted by molar-refractivity contribution is 6.09. The van der Waals surface area contributed by atoms with E-state index in [1.807, 2.05) is 67.6 Å². The third kappa shape index (κ3) is 9.24. The third-order valence-electron chi connectivity index (χ3n) is 8.46. The van der Waals surface area contributed by atoms with Crippen molar-refractivity contribution in [3.8, 4) is 0 Å². The molecule has 3 aromatic carbocycles. The molecule has 8 nitrogen and oxygen atoms in total. The number of benzene rings is 3. The molecule has 0 aromatic heterocycles. The van der Waals surface area contributed by atoms with Gasteiger partial charge >= 0.3 is 0 Å². The van der Waals surface area contributed by atoms with Gasteiger partial charge in [-0.2, -0.15) is 5.10 Å². The average Bonchev–Trinajstić information content (AvgIpc) is 3.04. The largest absolute Gasteiger partial charge is 0.372 e. The minimum Gasteiger partial charge on any atom is -0.372 e. The summed E-state index contributed by atoms with van der Waals surface area (Å²) in [4.78, 5) is 33.9. The van der Waals surface area contributed by atoms with Crippen molar-refractivity contribution in [1.29, 1.82) is 0 Å². The van der Waals surface area contributed by atoms with E-state index in [1.54, 1.807) is 6.21 Å². The SMILES string of the molecule is CCN(CC)CCN(C)Cc1cccc(C(=O)Nc2ccc(N3CCCCC3)cc2C(=O)N/N=C/c2ccc(C)c(C)c2)c1. The molecule has 0 unspecified atom stereocenters. The number of hydrogen-bond donors (Lipinski definition) is 2. The minimum atomic E-state index is -0.372. The minimum absolute atomic E-state index is 0.254. The summed E-state index contributed by atoms with van der Waals surface area (Å²) >= 11 is 0. The Labute approximate surface area is 263 Å². The molecular weight excluding hydrogens is 548 g/mol. The zero-order valence-electron chi connectivity index (χ0n) is 27.0. The number of nitrogens with one attached hydrogen (secondary N) is 2. The van der Waals surface area contributed by atoms with Crippen LogP contribution in [0.15, 0.2) is 65.8 Å². The number of hydrogen-bond acceptors (Lipinski definition) is 6. The number of carbonyl (C=O) groups is 2. The van der Waals surface area contributed by atoms with Gasteiger partial charge in [0.1, 0.15) is 0 Å². The summed E-state index contributed by atoms with van der Waals surface area (Å²) < 4.78 is 0. The van der Waals surface area contributed by atoms with Gasteiger partial charge in [-0.15, -0.1) is 0 Å². The van der Waals surface area contributed by atoms with Crippen molar-refractivity contribution in [1.82, 2.24) is 15.2 Å². The second-order valence-corrected chi connectivity index (χ2v) is 11.7. The van der Waals surface area contributed by atoms with Crippen LogP contribution in [-0.2, 0) is 6.54 Å². The van der Waals surface area contributed by atoms with E-state index in [0.29, 0.717) is 16.8 Å². The van der Waals surface area contributed by atoms with Gasteiger partial charge in [0.25, 0.3) is 11.8 Å². The highest BCUT2D eigenvalue weighted by Gasteiger charge is 2.19. The van der Waals surface area contributed by atoms with E-state index in [9.17, 15) is 9.59 Å². The normalized spacial score (nSPS) is 13.6. The van der Waals surface area contributed by atoms with Gasteiger partial charge in [0.05, 0.1) is 17.5 Å². The standard InChI is InChI=1S/C36H48N6O2/c1-6-41(7-2)21-20-40(5)26-30-12-11-13-31(23-30)35(43)38-34-17-16-32(42-18-9-8-10-19-42)24-33(34)36(44)39-37-25-29-15-14-27(3)28(4)22-29/h11-17,22-25H,6-10,18-21,26H2,1-5H3,(H,38,43)(H,39,44)/b37-25+. The second-order valence-electron chi connectivity index (χ2n) is 11.7. The quantitative estimate of drug-likeness (QED) is 0.185. The summed E-state index contributed by atoms with van der Waals surface area (Å²) in [5, 5.41) is 7.23. The molecule has 2 amide bonds. The summed E-state index contributed by atoms with van der Waals surface area (Å²) in [6, 6.07) is 19.4. The van der Waals surface area contributed by atoms with E-state index in [0.717, 1.165) is 81.0 Å². The fourth-order valence-corrected chi connectivity index (χ4v) is 5.50. The Hall–Kier alpha value is -4.01. The molecule has 0 radical (unpaired) electrons. The van der Waals surface area contributed by atoms with Gasteiger partial charge < -0.3 is 20.0 Å². The number of amides is 2. The lowest BCUT2D eigenvalue weighted by molar-refractivity contribution is 0.0956. The van der Waals surface area contributed by atoms with E-state index in [4.69, 9.17) is 0 Å². The van der Waals surface area contributed by atoms with Crippen LogP contribution in [0, 0.1) is 13.8 Å². The van der Waals surface area contributed by atoms with Crippen LogP contribution in [0.2, 0.25) is 0 Å². The van der Waals surface area contributed by atoms with E-state index in [1.165, 1.54) is 12.0 Å². The zero-order valence-corrected chi connectivity index (χ0v) is 27.0. The lowest BCUT2D eigenvalue weighted by Crippen LogP contribution is -2.32. The molecular formula is C36H48N6O2. The maximum atomic E-state index is 13.5. The molecule has 234 valence electrons. The van der Waals surface area contributed by atoms with Crippen molar-refractivity contribution in [2.45, 2.75) is 53.5 Å². The Balaban J connectivity index is 1.49. The molecule has 0 spiro atoms. The summed E-state index contributed by atoms with van der Waals surface area (Å²) in [6.45, 7) is 15.2. The van der Waals surface area contributed by atoms with Gasteiger partial charge in [-0.25, -0.2) is 5.43 Å². The molecule has 8 heteroatoms. The van der Waals surface area contributed by atoms with Gasteiger partial charge in [-0.05, 0) is 106 Å². The highest BCUT2D eigenvalue weighted by Crippen LogP contribution is 2.26. The third-order valence-corrected chi connectivity index (χ3v) is 8.46. The Morgan fingerprint density at radius 2 is 1.66 bits per heavy atom. The Morgan fingerprint density at radius 1 is 0.886 bits per heavy atom. The van der Waals surface area contributed by atoms with Gasteiger partial charge in [-0.3, -0.25) is 9.59 Å². The number of rotatable bonds is 13. The zero-order chi connectivity index (χ0) is 31.5. The fraction of sp³-hybridized carbons (Fsp3) is 0.417. The second kappa shape index (κ2) is 16.2. The van der Waals surface area contributed by atoms with Crippen LogP contribution < -0.4 is 15.6 Å². The fourth-order valence-electron chi connectivity index (χ4n) is 5.50. The van der Waals surface area contributed by atoms with Gasteiger partial charge in [-0.1, -0.05) is 44.2 Å². The van der Waals surface area contributed by atoms with Gasteiger partial charge in [0.15, 0.2) is 0 Å². The highest BCUT2D eigenvalue weighted by atomic mass is 16.2. The lowest BCUT2D eigenvalue weighted by atomic mass is 10.1. The first kappa shape index (κ1) is 32.9. The van der Waals surface area contributed by atoms with E-state index in [2.05, 4.69) is 58.4 Å². The topological polar surface area (TPSA) is 80.3 Å². The first-order chi connectivity index (χ1) is 21.3. The van der Waals surface area contributed by atoms with Crippen molar-refractivity contribution in [2.75, 3.05) is 56.5 Å². The van der Waals surface area contributed by atoms with Crippen molar-refractivity contribution in [3.05, 3.63) is 94.0 Å². The number of nitrogens with zero attached hydrogens (tertiary/aromatic N) is 4. The van der Waals surface area contributed by atoms with Crippen LogP contribution in [-0.4, -0.2) is 74.1 Å². The number of hydrazone groups is 1. The molecule has 1 heterocycles. The van der Waals surface area contributed by atoms with Crippen molar-refractivity contribution in [2.24, 2.45) is 5.10 Å². The van der Waals surface area contributed by atoms with Gasteiger partial charge in [0, 0.05) is 44.0 Å². The smallest absolute Gasteiger partial charge is 0.273 e. The molecule has 1 saturated heterocycles. The maximum Gasteiger partial charge on any atom is 0.273 e. The van der Waals surface area contributed by atoms with E-state index in [-0.39, 0.29) is 11.8 Å². The Bertz CT molecular complexity index is 1440. The molecule has 4 rings (SSSR count). The van der Waals surface area contributed by atoms with Crippen LogP contribution in [0.5, 0.6) is 0 Å². The monoisotopic (exact) mass is 596 g/mol.